The molecule has 1 aliphatic heterocycles. The standard InChI is InChI=1S/C19H26N2O2/c1-5-23-18(22)12-21-16-7-6-13(19(2,3)4)10-14(16)15-11-20-9-8-17(15)21/h6-7,10,20H,5,8-9,11-12H2,1-4H3. The van der Waals surface area contributed by atoms with Crippen LogP contribution in [-0.4, -0.2) is 23.7 Å². The monoisotopic (exact) mass is 314 g/mol. The van der Waals surface area contributed by atoms with Gasteiger partial charge in [0.1, 0.15) is 6.54 Å². The van der Waals surface area contributed by atoms with Gasteiger partial charge >= 0.3 is 5.97 Å². The quantitative estimate of drug-likeness (QED) is 0.885. The van der Waals surface area contributed by atoms with Gasteiger partial charge in [-0.1, -0.05) is 26.8 Å². The Morgan fingerprint density at radius 3 is 2.83 bits per heavy atom. The van der Waals surface area contributed by atoms with Crippen LogP contribution in [0.5, 0.6) is 0 Å². The van der Waals surface area contributed by atoms with Gasteiger partial charge in [0.05, 0.1) is 6.61 Å². The zero-order valence-corrected chi connectivity index (χ0v) is 14.5. The zero-order valence-electron chi connectivity index (χ0n) is 14.5. The van der Waals surface area contributed by atoms with Gasteiger partial charge in [-0.15, -0.1) is 0 Å². The van der Waals surface area contributed by atoms with Crippen molar-refractivity contribution in [1.29, 1.82) is 0 Å². The van der Waals surface area contributed by atoms with E-state index in [0.29, 0.717) is 13.2 Å². The minimum atomic E-state index is -0.161. The van der Waals surface area contributed by atoms with Crippen LogP contribution in [0.3, 0.4) is 0 Å². The van der Waals surface area contributed by atoms with E-state index in [4.69, 9.17) is 4.74 Å². The first-order chi connectivity index (χ1) is 10.9. The van der Waals surface area contributed by atoms with Gasteiger partial charge in [-0.05, 0) is 35.6 Å². The Hall–Kier alpha value is -1.81. The molecule has 1 aromatic carbocycles. The Labute approximate surface area is 137 Å². The maximum Gasteiger partial charge on any atom is 0.325 e. The van der Waals surface area contributed by atoms with E-state index in [2.05, 4.69) is 48.9 Å². The van der Waals surface area contributed by atoms with Gasteiger partial charge in [0, 0.05) is 36.1 Å². The lowest BCUT2D eigenvalue weighted by atomic mass is 9.86. The van der Waals surface area contributed by atoms with E-state index in [1.165, 1.54) is 22.2 Å². The molecule has 0 saturated carbocycles. The number of carbonyl (C=O) groups is 1. The first-order valence-corrected chi connectivity index (χ1v) is 8.42. The number of aromatic nitrogens is 1. The van der Waals surface area contributed by atoms with E-state index >= 15 is 0 Å². The fourth-order valence-corrected chi connectivity index (χ4v) is 3.36. The fourth-order valence-electron chi connectivity index (χ4n) is 3.36. The largest absolute Gasteiger partial charge is 0.465 e. The van der Waals surface area contributed by atoms with Crippen molar-refractivity contribution in [3.05, 3.63) is 35.0 Å². The highest BCUT2D eigenvalue weighted by Gasteiger charge is 2.23. The van der Waals surface area contributed by atoms with E-state index in [9.17, 15) is 4.79 Å². The number of nitrogens with zero attached hydrogens (tertiary/aromatic N) is 1. The zero-order chi connectivity index (χ0) is 16.6. The molecule has 0 radical (unpaired) electrons. The van der Waals surface area contributed by atoms with Crippen LogP contribution in [-0.2, 0) is 34.5 Å². The van der Waals surface area contributed by atoms with Crippen molar-refractivity contribution in [2.45, 2.75) is 52.6 Å². The molecule has 2 heterocycles. The third-order valence-corrected chi connectivity index (χ3v) is 4.59. The minimum absolute atomic E-state index is 0.117. The van der Waals surface area contributed by atoms with Crippen LogP contribution in [0.15, 0.2) is 18.2 Å². The molecule has 0 saturated heterocycles. The molecule has 3 rings (SSSR count). The summed E-state index contributed by atoms with van der Waals surface area (Å²) in [6.07, 6.45) is 0.953. The van der Waals surface area contributed by atoms with E-state index in [1.807, 2.05) is 6.92 Å². The number of hydrogen-bond donors (Lipinski definition) is 1. The summed E-state index contributed by atoms with van der Waals surface area (Å²) in [7, 11) is 0. The molecular formula is C19H26N2O2. The molecule has 1 aliphatic rings. The Balaban J connectivity index is 2.14. The van der Waals surface area contributed by atoms with Gasteiger partial charge in [-0.25, -0.2) is 0 Å². The topological polar surface area (TPSA) is 43.3 Å². The Kier molecular flexibility index (Phi) is 4.19. The smallest absolute Gasteiger partial charge is 0.325 e. The van der Waals surface area contributed by atoms with Crippen LogP contribution >= 0.6 is 0 Å². The van der Waals surface area contributed by atoms with Gasteiger partial charge in [-0.2, -0.15) is 0 Å². The van der Waals surface area contributed by atoms with Crippen LogP contribution < -0.4 is 5.32 Å². The molecule has 2 aromatic rings. The molecule has 0 amide bonds. The third-order valence-electron chi connectivity index (χ3n) is 4.59. The maximum absolute atomic E-state index is 12.0. The van der Waals surface area contributed by atoms with E-state index in [0.717, 1.165) is 25.0 Å². The number of esters is 1. The van der Waals surface area contributed by atoms with Crippen LogP contribution in [0, 0.1) is 0 Å². The summed E-state index contributed by atoms with van der Waals surface area (Å²) in [5.74, 6) is -0.161. The predicted molar refractivity (Wildman–Crippen MR) is 92.7 cm³/mol. The average molecular weight is 314 g/mol. The molecule has 0 bridgehead atoms. The van der Waals surface area contributed by atoms with Crippen molar-refractivity contribution in [2.24, 2.45) is 0 Å². The van der Waals surface area contributed by atoms with Gasteiger partial charge in [0.15, 0.2) is 0 Å². The highest BCUT2D eigenvalue weighted by atomic mass is 16.5. The molecule has 4 heteroatoms. The molecule has 1 aromatic heterocycles. The van der Waals surface area contributed by atoms with Crippen molar-refractivity contribution in [2.75, 3.05) is 13.2 Å². The van der Waals surface area contributed by atoms with Crippen molar-refractivity contribution < 1.29 is 9.53 Å². The average Bonchev–Trinajstić information content (AvgIpc) is 2.81. The normalized spacial score (nSPS) is 14.8. The van der Waals surface area contributed by atoms with Crippen molar-refractivity contribution in [3.8, 4) is 0 Å². The number of nitrogens with one attached hydrogen (secondary N) is 1. The second kappa shape index (κ2) is 6.00. The molecule has 124 valence electrons. The maximum atomic E-state index is 12.0. The molecular weight excluding hydrogens is 288 g/mol. The van der Waals surface area contributed by atoms with Crippen molar-refractivity contribution in [1.82, 2.24) is 9.88 Å². The summed E-state index contributed by atoms with van der Waals surface area (Å²) < 4.78 is 7.31. The predicted octanol–water partition coefficient (Wildman–Crippen LogP) is 3.15. The summed E-state index contributed by atoms with van der Waals surface area (Å²) in [6, 6.07) is 6.64. The second-order valence-corrected chi connectivity index (χ2v) is 7.23. The number of benzene rings is 1. The highest BCUT2D eigenvalue weighted by Crippen LogP contribution is 2.32. The molecule has 23 heavy (non-hydrogen) atoms. The first-order valence-electron chi connectivity index (χ1n) is 8.42. The summed E-state index contributed by atoms with van der Waals surface area (Å²) in [6.45, 7) is 11.1. The molecule has 0 atom stereocenters. The molecule has 1 N–H and O–H groups in total. The second-order valence-electron chi connectivity index (χ2n) is 7.23. The van der Waals surface area contributed by atoms with Crippen molar-refractivity contribution in [3.63, 3.8) is 0 Å². The fraction of sp³-hybridized carbons (Fsp3) is 0.526. The van der Waals surface area contributed by atoms with Gasteiger partial charge in [-0.3, -0.25) is 4.79 Å². The van der Waals surface area contributed by atoms with E-state index in [-0.39, 0.29) is 11.4 Å². The lowest BCUT2D eigenvalue weighted by molar-refractivity contribution is -0.143. The van der Waals surface area contributed by atoms with Gasteiger partial charge in [0.2, 0.25) is 0 Å². The van der Waals surface area contributed by atoms with Gasteiger partial charge < -0.3 is 14.6 Å². The summed E-state index contributed by atoms with van der Waals surface area (Å²) in [5.41, 5.74) is 5.19. The minimum Gasteiger partial charge on any atom is -0.465 e. The molecule has 4 nitrogen and oxygen atoms in total. The summed E-state index contributed by atoms with van der Waals surface area (Å²) in [5, 5.41) is 4.72. The Morgan fingerprint density at radius 1 is 1.35 bits per heavy atom. The van der Waals surface area contributed by atoms with Gasteiger partial charge in [0.25, 0.3) is 0 Å². The van der Waals surface area contributed by atoms with Crippen LogP contribution in [0.2, 0.25) is 0 Å². The third kappa shape index (κ3) is 3.00. The lowest BCUT2D eigenvalue weighted by Crippen LogP contribution is -2.25. The first kappa shape index (κ1) is 16.1. The molecule has 0 fully saturated rings. The van der Waals surface area contributed by atoms with E-state index in [1.54, 1.807) is 0 Å². The van der Waals surface area contributed by atoms with E-state index < -0.39 is 0 Å². The highest BCUT2D eigenvalue weighted by molar-refractivity contribution is 5.88. The number of ether oxygens (including phenoxy) is 1. The number of rotatable bonds is 3. The van der Waals surface area contributed by atoms with Crippen LogP contribution in [0.25, 0.3) is 10.9 Å². The van der Waals surface area contributed by atoms with Crippen LogP contribution in [0.1, 0.15) is 44.5 Å². The number of carbonyl (C=O) groups excluding carboxylic acids is 1. The number of fused-ring (bicyclic) bond motifs is 3. The van der Waals surface area contributed by atoms with Crippen LogP contribution in [0.4, 0.5) is 0 Å². The Morgan fingerprint density at radius 2 is 2.13 bits per heavy atom. The summed E-state index contributed by atoms with van der Waals surface area (Å²) in [4.78, 5) is 12.0. The SMILES string of the molecule is CCOC(=O)Cn1c2c(c3cc(C(C)(C)C)ccc31)CNCC2. The Bertz CT molecular complexity index is 738. The van der Waals surface area contributed by atoms with Crippen molar-refractivity contribution >= 4 is 16.9 Å². The lowest BCUT2D eigenvalue weighted by Gasteiger charge is -2.19. The molecule has 0 aliphatic carbocycles. The number of hydrogen-bond acceptors (Lipinski definition) is 3. The summed E-state index contributed by atoms with van der Waals surface area (Å²) >= 11 is 0. The molecule has 0 unspecified atom stereocenters. The molecule has 0 spiro atoms.